The van der Waals surface area contributed by atoms with E-state index in [4.69, 9.17) is 13.1 Å². The monoisotopic (exact) mass is 123 g/mol. The third kappa shape index (κ3) is 1.75. The van der Waals surface area contributed by atoms with Gasteiger partial charge in [-0.15, -0.1) is 0 Å². The summed E-state index contributed by atoms with van der Waals surface area (Å²) in [6.07, 6.45) is 3.68. The van der Waals surface area contributed by atoms with Crippen molar-refractivity contribution in [1.82, 2.24) is 4.81 Å². The van der Waals surface area contributed by atoms with Crippen molar-refractivity contribution in [2.75, 3.05) is 13.2 Å². The van der Waals surface area contributed by atoms with Gasteiger partial charge in [-0.1, -0.05) is 5.57 Å². The lowest BCUT2D eigenvalue weighted by Gasteiger charge is -2.02. The van der Waals surface area contributed by atoms with Gasteiger partial charge in [0.15, 0.2) is 0 Å². The molecule has 3 heteroatoms. The zero-order chi connectivity index (χ0) is 6.69. The molecule has 0 saturated heterocycles. The maximum Gasteiger partial charge on any atom is 0.225 e. The van der Waals surface area contributed by atoms with E-state index in [9.17, 15) is 0 Å². The summed E-state index contributed by atoms with van der Waals surface area (Å²) >= 11 is 0. The van der Waals surface area contributed by atoms with Crippen LogP contribution in [0.4, 0.5) is 0 Å². The summed E-state index contributed by atoms with van der Waals surface area (Å²) in [6, 6.07) is 0. The van der Waals surface area contributed by atoms with E-state index in [-0.39, 0.29) is 6.61 Å². The Morgan fingerprint density at radius 2 is 2.56 bits per heavy atom. The van der Waals surface area contributed by atoms with E-state index in [2.05, 4.69) is 0 Å². The average molecular weight is 123 g/mol. The normalized spacial score (nSPS) is 18.3. The Labute approximate surface area is 56.6 Å². The number of aliphatic hydroxyl groups is 1. The van der Waals surface area contributed by atoms with Crippen LogP contribution in [-0.4, -0.2) is 31.1 Å². The second-order valence-corrected chi connectivity index (χ2v) is 2.25. The molecule has 1 rings (SSSR count). The molecule has 0 aromatic carbocycles. The summed E-state index contributed by atoms with van der Waals surface area (Å²) in [5, 5.41) is 8.51. The van der Waals surface area contributed by atoms with Crippen LogP contribution < -0.4 is 0 Å². The summed E-state index contributed by atoms with van der Waals surface area (Å²) in [7, 11) is 5.43. The van der Waals surface area contributed by atoms with Crippen LogP contribution in [0.1, 0.15) is 12.8 Å². The second kappa shape index (κ2) is 2.92. The third-order valence-corrected chi connectivity index (χ3v) is 1.47. The van der Waals surface area contributed by atoms with Crippen molar-refractivity contribution in [1.29, 1.82) is 0 Å². The fourth-order valence-corrected chi connectivity index (χ4v) is 0.969. The topological polar surface area (TPSA) is 23.5 Å². The zero-order valence-electron chi connectivity index (χ0n) is 5.38. The van der Waals surface area contributed by atoms with Crippen LogP contribution in [0, 0.1) is 0 Å². The minimum atomic E-state index is 0.236. The van der Waals surface area contributed by atoms with Crippen LogP contribution in [0.2, 0.25) is 0 Å². The van der Waals surface area contributed by atoms with Gasteiger partial charge in [-0.25, -0.2) is 0 Å². The van der Waals surface area contributed by atoms with Crippen molar-refractivity contribution >= 4 is 7.98 Å². The SMILES string of the molecule is [B]N1C=C(CCO)CC1. The molecule has 0 saturated carbocycles. The van der Waals surface area contributed by atoms with Gasteiger partial charge in [0.05, 0.1) is 0 Å². The van der Waals surface area contributed by atoms with E-state index in [0.29, 0.717) is 0 Å². The minimum Gasteiger partial charge on any atom is -0.430 e. The van der Waals surface area contributed by atoms with Crippen LogP contribution in [0.15, 0.2) is 11.8 Å². The number of hydrogen-bond donors (Lipinski definition) is 1. The largest absolute Gasteiger partial charge is 0.430 e. The fourth-order valence-electron chi connectivity index (χ4n) is 0.969. The van der Waals surface area contributed by atoms with E-state index < -0.39 is 0 Å². The molecular weight excluding hydrogens is 113 g/mol. The molecule has 0 aromatic rings. The van der Waals surface area contributed by atoms with Crippen molar-refractivity contribution < 1.29 is 5.11 Å². The van der Waals surface area contributed by atoms with E-state index in [1.54, 1.807) is 4.81 Å². The Bertz CT molecular complexity index is 124. The highest BCUT2D eigenvalue weighted by Gasteiger charge is 2.06. The first-order valence-corrected chi connectivity index (χ1v) is 3.14. The van der Waals surface area contributed by atoms with Gasteiger partial charge in [-0.05, 0) is 19.0 Å². The highest BCUT2D eigenvalue weighted by Crippen LogP contribution is 2.14. The molecule has 1 aliphatic rings. The Morgan fingerprint density at radius 1 is 1.78 bits per heavy atom. The van der Waals surface area contributed by atoms with Gasteiger partial charge in [0.1, 0.15) is 0 Å². The van der Waals surface area contributed by atoms with Gasteiger partial charge in [-0.3, -0.25) is 0 Å². The number of nitrogens with zero attached hydrogens (tertiary/aromatic N) is 1. The third-order valence-electron chi connectivity index (χ3n) is 1.47. The minimum absolute atomic E-state index is 0.236. The molecule has 0 atom stereocenters. The molecule has 0 unspecified atom stereocenters. The maximum atomic E-state index is 8.51. The van der Waals surface area contributed by atoms with Crippen LogP contribution in [0.5, 0.6) is 0 Å². The van der Waals surface area contributed by atoms with Gasteiger partial charge in [0, 0.05) is 13.2 Å². The molecule has 0 amide bonds. The highest BCUT2D eigenvalue weighted by atomic mass is 16.2. The van der Waals surface area contributed by atoms with Crippen LogP contribution >= 0.6 is 0 Å². The van der Waals surface area contributed by atoms with Crippen molar-refractivity contribution in [2.24, 2.45) is 0 Å². The molecule has 0 aromatic heterocycles. The van der Waals surface area contributed by atoms with Gasteiger partial charge in [0.25, 0.3) is 0 Å². The van der Waals surface area contributed by atoms with Crippen molar-refractivity contribution in [3.05, 3.63) is 11.8 Å². The first-order valence-electron chi connectivity index (χ1n) is 3.14. The Morgan fingerprint density at radius 3 is 3.00 bits per heavy atom. The summed E-state index contributed by atoms with van der Waals surface area (Å²) in [5.41, 5.74) is 1.25. The molecule has 1 aliphatic heterocycles. The summed E-state index contributed by atoms with van der Waals surface area (Å²) in [4.78, 5) is 1.66. The van der Waals surface area contributed by atoms with Gasteiger partial charge in [-0.2, -0.15) is 0 Å². The predicted molar refractivity (Wildman–Crippen MR) is 36.9 cm³/mol. The molecule has 48 valence electrons. The van der Waals surface area contributed by atoms with E-state index >= 15 is 0 Å². The van der Waals surface area contributed by atoms with E-state index in [0.717, 1.165) is 19.4 Å². The first-order chi connectivity index (χ1) is 4.33. The first kappa shape index (κ1) is 6.68. The predicted octanol–water partition coefficient (Wildman–Crippen LogP) is 0.0419. The van der Waals surface area contributed by atoms with E-state index in [1.165, 1.54) is 5.57 Å². The highest BCUT2D eigenvalue weighted by molar-refractivity contribution is 6.05. The molecule has 0 aliphatic carbocycles. The fraction of sp³-hybridized carbons (Fsp3) is 0.667. The van der Waals surface area contributed by atoms with Crippen molar-refractivity contribution in [3.8, 4) is 0 Å². The number of hydrogen-bond acceptors (Lipinski definition) is 2. The van der Waals surface area contributed by atoms with Gasteiger partial charge in [0.2, 0.25) is 7.98 Å². The quantitative estimate of drug-likeness (QED) is 0.524. The summed E-state index contributed by atoms with van der Waals surface area (Å²) in [5.74, 6) is 0. The molecule has 1 N–H and O–H groups in total. The zero-order valence-corrected chi connectivity index (χ0v) is 5.38. The summed E-state index contributed by atoms with van der Waals surface area (Å²) < 4.78 is 0. The Hall–Kier alpha value is -0.435. The molecule has 2 nitrogen and oxygen atoms in total. The standard InChI is InChI=1S/C6H10BNO/c7-8-3-1-6(5-8)2-4-9/h5,9H,1-4H2. The molecule has 9 heavy (non-hydrogen) atoms. The lowest BCUT2D eigenvalue weighted by atomic mass is 10.2. The molecule has 0 spiro atoms. The molecular formula is C6H10BNO. The summed E-state index contributed by atoms with van der Waals surface area (Å²) in [6.45, 7) is 1.13. The second-order valence-electron chi connectivity index (χ2n) is 2.25. The smallest absolute Gasteiger partial charge is 0.225 e. The molecule has 2 radical (unpaired) electrons. The lowest BCUT2D eigenvalue weighted by Crippen LogP contribution is -2.07. The van der Waals surface area contributed by atoms with Gasteiger partial charge >= 0.3 is 0 Å². The average Bonchev–Trinajstić information content (AvgIpc) is 2.17. The maximum absolute atomic E-state index is 8.51. The molecule has 1 heterocycles. The van der Waals surface area contributed by atoms with Crippen LogP contribution in [0.3, 0.4) is 0 Å². The Balaban J connectivity index is 2.33. The van der Waals surface area contributed by atoms with Crippen LogP contribution in [0.25, 0.3) is 0 Å². The molecule has 0 bridgehead atoms. The molecule has 0 fully saturated rings. The number of rotatable bonds is 2. The lowest BCUT2D eigenvalue weighted by molar-refractivity contribution is 0.298. The van der Waals surface area contributed by atoms with Crippen molar-refractivity contribution in [2.45, 2.75) is 12.8 Å². The van der Waals surface area contributed by atoms with Crippen molar-refractivity contribution in [3.63, 3.8) is 0 Å². The van der Waals surface area contributed by atoms with Crippen LogP contribution in [-0.2, 0) is 0 Å². The Kier molecular flexibility index (Phi) is 2.17. The van der Waals surface area contributed by atoms with E-state index in [1.807, 2.05) is 6.20 Å². The number of aliphatic hydroxyl groups excluding tert-OH is 1. The van der Waals surface area contributed by atoms with Gasteiger partial charge < -0.3 is 9.92 Å².